The highest BCUT2D eigenvalue weighted by atomic mass is 16.1. The number of Topliss-reactive ketones (excluding diaryl/α,β-unsaturated/α-hetero) is 1. The van der Waals surface area contributed by atoms with E-state index in [1.165, 1.54) is 11.3 Å². The van der Waals surface area contributed by atoms with E-state index in [0.717, 1.165) is 29.7 Å². The Labute approximate surface area is 120 Å². The van der Waals surface area contributed by atoms with E-state index < -0.39 is 0 Å². The van der Waals surface area contributed by atoms with Crippen LogP contribution in [0.4, 0.5) is 0 Å². The highest BCUT2D eigenvalue weighted by molar-refractivity contribution is 5.97. The van der Waals surface area contributed by atoms with Crippen molar-refractivity contribution in [1.29, 1.82) is 0 Å². The van der Waals surface area contributed by atoms with Crippen LogP contribution < -0.4 is 0 Å². The molecule has 0 spiro atoms. The maximum absolute atomic E-state index is 11.9. The molecule has 0 saturated carbocycles. The average Bonchev–Trinajstić information content (AvgIpc) is 2.82. The molecule has 1 aromatic carbocycles. The van der Waals surface area contributed by atoms with Gasteiger partial charge >= 0.3 is 0 Å². The zero-order valence-corrected chi connectivity index (χ0v) is 12.7. The summed E-state index contributed by atoms with van der Waals surface area (Å²) in [4.78, 5) is 11.9. The van der Waals surface area contributed by atoms with Crippen LogP contribution in [0.1, 0.15) is 48.9 Å². The molecule has 2 aromatic rings. The monoisotopic (exact) mass is 270 g/mol. The summed E-state index contributed by atoms with van der Waals surface area (Å²) in [6.07, 6.45) is 2.37. The van der Waals surface area contributed by atoms with E-state index >= 15 is 0 Å². The standard InChI is InChI=1S/C17H22N2O/c1-5-14-17(15(6-2)19(4)18-14)13-10-8-9-12(11-13)16(20)7-3/h8-11H,5-7H2,1-4H3. The van der Waals surface area contributed by atoms with Gasteiger partial charge < -0.3 is 0 Å². The summed E-state index contributed by atoms with van der Waals surface area (Å²) < 4.78 is 1.96. The summed E-state index contributed by atoms with van der Waals surface area (Å²) in [6, 6.07) is 7.93. The Morgan fingerprint density at radius 2 is 1.95 bits per heavy atom. The van der Waals surface area contributed by atoms with Crippen molar-refractivity contribution in [2.24, 2.45) is 7.05 Å². The van der Waals surface area contributed by atoms with Gasteiger partial charge in [0.25, 0.3) is 0 Å². The van der Waals surface area contributed by atoms with Gasteiger partial charge in [-0.05, 0) is 24.5 Å². The molecule has 0 aliphatic carbocycles. The lowest BCUT2D eigenvalue weighted by molar-refractivity contribution is 0.0988. The van der Waals surface area contributed by atoms with Gasteiger partial charge in [-0.1, -0.05) is 39.0 Å². The Balaban J connectivity index is 2.59. The van der Waals surface area contributed by atoms with E-state index in [1.54, 1.807) is 0 Å². The molecule has 1 heterocycles. The van der Waals surface area contributed by atoms with E-state index in [4.69, 9.17) is 0 Å². The van der Waals surface area contributed by atoms with Crippen LogP contribution in [-0.4, -0.2) is 15.6 Å². The Hall–Kier alpha value is -1.90. The van der Waals surface area contributed by atoms with E-state index in [-0.39, 0.29) is 5.78 Å². The van der Waals surface area contributed by atoms with Gasteiger partial charge in [0.15, 0.2) is 5.78 Å². The number of aromatic nitrogens is 2. The number of benzene rings is 1. The first kappa shape index (κ1) is 14.5. The molecule has 0 fully saturated rings. The molecular weight excluding hydrogens is 248 g/mol. The van der Waals surface area contributed by atoms with Crippen molar-refractivity contribution in [1.82, 2.24) is 9.78 Å². The number of hydrogen-bond acceptors (Lipinski definition) is 2. The lowest BCUT2D eigenvalue weighted by Gasteiger charge is -2.07. The molecule has 0 atom stereocenters. The fourth-order valence-electron chi connectivity index (χ4n) is 2.66. The Bertz CT molecular complexity index is 626. The average molecular weight is 270 g/mol. The SMILES string of the molecule is CCC(=O)c1cccc(-c2c(CC)nn(C)c2CC)c1. The quantitative estimate of drug-likeness (QED) is 0.774. The van der Waals surface area contributed by atoms with E-state index in [0.29, 0.717) is 6.42 Å². The summed E-state index contributed by atoms with van der Waals surface area (Å²) in [5.74, 6) is 0.187. The van der Waals surface area contributed by atoms with Crippen LogP contribution in [0.25, 0.3) is 11.1 Å². The van der Waals surface area contributed by atoms with Crippen LogP contribution in [0, 0.1) is 0 Å². The first-order valence-corrected chi connectivity index (χ1v) is 7.30. The topological polar surface area (TPSA) is 34.9 Å². The van der Waals surface area contributed by atoms with Gasteiger partial charge in [0.2, 0.25) is 0 Å². The number of ketones is 1. The van der Waals surface area contributed by atoms with Crippen molar-refractivity contribution in [3.05, 3.63) is 41.2 Å². The molecule has 2 rings (SSSR count). The summed E-state index contributed by atoms with van der Waals surface area (Å²) in [5.41, 5.74) is 5.42. The minimum atomic E-state index is 0.187. The van der Waals surface area contributed by atoms with Crippen LogP contribution in [0.15, 0.2) is 24.3 Å². The van der Waals surface area contributed by atoms with Crippen molar-refractivity contribution in [3.8, 4) is 11.1 Å². The van der Waals surface area contributed by atoms with Crippen LogP contribution >= 0.6 is 0 Å². The van der Waals surface area contributed by atoms with E-state index in [1.807, 2.05) is 36.9 Å². The molecule has 0 aliphatic heterocycles. The molecule has 20 heavy (non-hydrogen) atoms. The summed E-state index contributed by atoms with van der Waals surface area (Å²) >= 11 is 0. The molecule has 0 amide bonds. The maximum Gasteiger partial charge on any atom is 0.162 e. The molecule has 0 aliphatic rings. The lowest BCUT2D eigenvalue weighted by atomic mass is 9.97. The molecule has 0 unspecified atom stereocenters. The fraction of sp³-hybridized carbons (Fsp3) is 0.412. The number of hydrogen-bond donors (Lipinski definition) is 0. The van der Waals surface area contributed by atoms with Crippen molar-refractivity contribution >= 4 is 5.78 Å². The minimum Gasteiger partial charge on any atom is -0.294 e. The van der Waals surface area contributed by atoms with Gasteiger partial charge in [0.05, 0.1) is 5.69 Å². The highest BCUT2D eigenvalue weighted by Crippen LogP contribution is 2.29. The molecule has 0 saturated heterocycles. The molecule has 0 radical (unpaired) electrons. The van der Waals surface area contributed by atoms with Gasteiger partial charge in [-0.25, -0.2) is 0 Å². The molecule has 3 heteroatoms. The minimum absolute atomic E-state index is 0.187. The third-order valence-corrected chi connectivity index (χ3v) is 3.70. The van der Waals surface area contributed by atoms with Gasteiger partial charge in [-0.15, -0.1) is 0 Å². The van der Waals surface area contributed by atoms with Crippen LogP contribution in [-0.2, 0) is 19.9 Å². The van der Waals surface area contributed by atoms with Gasteiger partial charge in [-0.2, -0.15) is 5.10 Å². The largest absolute Gasteiger partial charge is 0.294 e. The van der Waals surface area contributed by atoms with Crippen molar-refractivity contribution in [3.63, 3.8) is 0 Å². The van der Waals surface area contributed by atoms with Crippen molar-refractivity contribution < 1.29 is 4.79 Å². The number of aryl methyl sites for hydroxylation is 2. The first-order valence-electron chi connectivity index (χ1n) is 7.30. The second-order valence-electron chi connectivity index (χ2n) is 4.96. The summed E-state index contributed by atoms with van der Waals surface area (Å²) in [5, 5.41) is 4.60. The zero-order chi connectivity index (χ0) is 14.7. The Kier molecular flexibility index (Phi) is 4.38. The zero-order valence-electron chi connectivity index (χ0n) is 12.7. The smallest absolute Gasteiger partial charge is 0.162 e. The maximum atomic E-state index is 11.9. The Morgan fingerprint density at radius 1 is 1.20 bits per heavy atom. The normalized spacial score (nSPS) is 10.8. The van der Waals surface area contributed by atoms with Crippen LogP contribution in [0.5, 0.6) is 0 Å². The van der Waals surface area contributed by atoms with Crippen molar-refractivity contribution in [2.75, 3.05) is 0 Å². The number of nitrogens with zero attached hydrogens (tertiary/aromatic N) is 2. The molecule has 0 bridgehead atoms. The second-order valence-corrected chi connectivity index (χ2v) is 4.96. The fourth-order valence-corrected chi connectivity index (χ4v) is 2.66. The third kappa shape index (κ3) is 2.53. The van der Waals surface area contributed by atoms with Crippen molar-refractivity contribution in [2.45, 2.75) is 40.0 Å². The summed E-state index contributed by atoms with van der Waals surface area (Å²) in [6.45, 7) is 6.15. The van der Waals surface area contributed by atoms with E-state index in [2.05, 4.69) is 25.0 Å². The molecule has 106 valence electrons. The second kappa shape index (κ2) is 6.04. The van der Waals surface area contributed by atoms with Gasteiger partial charge in [-0.3, -0.25) is 9.48 Å². The van der Waals surface area contributed by atoms with Gasteiger partial charge in [0.1, 0.15) is 0 Å². The molecule has 0 N–H and O–H groups in total. The number of rotatable bonds is 5. The number of carbonyl (C=O) groups excluding carboxylic acids is 1. The first-order chi connectivity index (χ1) is 9.62. The number of carbonyl (C=O) groups is 1. The Morgan fingerprint density at radius 3 is 2.55 bits per heavy atom. The summed E-state index contributed by atoms with van der Waals surface area (Å²) in [7, 11) is 1.99. The highest BCUT2D eigenvalue weighted by Gasteiger charge is 2.16. The van der Waals surface area contributed by atoms with Crippen LogP contribution in [0.2, 0.25) is 0 Å². The predicted molar refractivity (Wildman–Crippen MR) is 82.0 cm³/mol. The molecule has 1 aromatic heterocycles. The molecule has 3 nitrogen and oxygen atoms in total. The van der Waals surface area contributed by atoms with E-state index in [9.17, 15) is 4.79 Å². The van der Waals surface area contributed by atoms with Crippen LogP contribution in [0.3, 0.4) is 0 Å². The lowest BCUT2D eigenvalue weighted by Crippen LogP contribution is -1.98. The van der Waals surface area contributed by atoms with Gasteiger partial charge in [0, 0.05) is 30.3 Å². The third-order valence-electron chi connectivity index (χ3n) is 3.70. The predicted octanol–water partition coefficient (Wildman–Crippen LogP) is 3.80. The molecular formula is C17H22N2O.